The van der Waals surface area contributed by atoms with Crippen molar-refractivity contribution in [1.29, 1.82) is 0 Å². The molecule has 1 N–H and O–H groups in total. The first-order chi connectivity index (χ1) is 9.01. The highest BCUT2D eigenvalue weighted by molar-refractivity contribution is 5.78. The Labute approximate surface area is 111 Å². The summed E-state index contributed by atoms with van der Waals surface area (Å²) in [5.74, 6) is -0.914. The molecule has 0 aliphatic carbocycles. The Bertz CT molecular complexity index is 462. The van der Waals surface area contributed by atoms with Crippen molar-refractivity contribution in [3.8, 4) is 0 Å². The predicted octanol–water partition coefficient (Wildman–Crippen LogP) is 2.67. The van der Waals surface area contributed by atoms with Crippen LogP contribution in [0.4, 0.5) is 11.4 Å². The molecule has 1 unspecified atom stereocenters. The molecule has 0 aliphatic heterocycles. The molecule has 1 atom stereocenters. The molecule has 19 heavy (non-hydrogen) atoms. The van der Waals surface area contributed by atoms with Crippen LogP contribution in [0.25, 0.3) is 0 Å². The third kappa shape index (κ3) is 3.67. The highest BCUT2D eigenvalue weighted by Crippen LogP contribution is 2.24. The molecule has 1 rings (SSSR count). The number of carbonyl (C=O) groups is 1. The molecule has 6 heteroatoms. The van der Waals surface area contributed by atoms with Crippen molar-refractivity contribution in [3.63, 3.8) is 0 Å². The molecule has 1 aromatic rings. The number of hydrogen-bond acceptors (Lipinski definition) is 4. The van der Waals surface area contributed by atoms with E-state index in [9.17, 15) is 20.0 Å². The van der Waals surface area contributed by atoms with Crippen LogP contribution in [-0.4, -0.2) is 28.6 Å². The number of aliphatic carboxylic acids is 1. The van der Waals surface area contributed by atoms with Gasteiger partial charge in [0.25, 0.3) is 5.69 Å². The van der Waals surface area contributed by atoms with E-state index in [0.717, 1.165) is 6.42 Å². The van der Waals surface area contributed by atoms with Gasteiger partial charge >= 0.3 is 5.97 Å². The zero-order chi connectivity index (χ0) is 14.4. The summed E-state index contributed by atoms with van der Waals surface area (Å²) in [6.45, 7) is 4.28. The van der Waals surface area contributed by atoms with Crippen LogP contribution in [0.3, 0.4) is 0 Å². The van der Waals surface area contributed by atoms with Gasteiger partial charge in [-0.15, -0.1) is 0 Å². The SMILES string of the molecule is CCCN(c1cccc([N+](=O)[O-])c1)C(CC)C(=O)O. The van der Waals surface area contributed by atoms with Crippen LogP contribution in [0, 0.1) is 10.1 Å². The number of non-ortho nitro benzene ring substituents is 1. The molecule has 0 fully saturated rings. The summed E-state index contributed by atoms with van der Waals surface area (Å²) in [5, 5.41) is 20.0. The fourth-order valence-electron chi connectivity index (χ4n) is 2.02. The number of carboxylic acids is 1. The summed E-state index contributed by atoms with van der Waals surface area (Å²) >= 11 is 0. The Morgan fingerprint density at radius 2 is 2.16 bits per heavy atom. The van der Waals surface area contributed by atoms with Gasteiger partial charge < -0.3 is 10.0 Å². The van der Waals surface area contributed by atoms with Crippen molar-refractivity contribution in [1.82, 2.24) is 0 Å². The van der Waals surface area contributed by atoms with E-state index >= 15 is 0 Å². The minimum absolute atomic E-state index is 0.0288. The molecule has 0 spiro atoms. The molecule has 0 saturated heterocycles. The van der Waals surface area contributed by atoms with E-state index in [1.165, 1.54) is 12.1 Å². The van der Waals surface area contributed by atoms with Crippen molar-refractivity contribution in [2.75, 3.05) is 11.4 Å². The fourth-order valence-corrected chi connectivity index (χ4v) is 2.02. The minimum Gasteiger partial charge on any atom is -0.480 e. The summed E-state index contributed by atoms with van der Waals surface area (Å²) in [7, 11) is 0. The fraction of sp³-hybridized carbons (Fsp3) is 0.462. The molecule has 6 nitrogen and oxygen atoms in total. The third-order valence-corrected chi connectivity index (χ3v) is 2.88. The first-order valence-electron chi connectivity index (χ1n) is 6.25. The van der Waals surface area contributed by atoms with E-state index in [1.54, 1.807) is 24.0 Å². The molecular weight excluding hydrogens is 248 g/mol. The van der Waals surface area contributed by atoms with Crippen LogP contribution in [0.2, 0.25) is 0 Å². The van der Waals surface area contributed by atoms with Gasteiger partial charge in [-0.3, -0.25) is 10.1 Å². The van der Waals surface area contributed by atoms with Gasteiger partial charge in [-0.05, 0) is 18.9 Å². The van der Waals surface area contributed by atoms with Gasteiger partial charge in [0, 0.05) is 24.4 Å². The third-order valence-electron chi connectivity index (χ3n) is 2.88. The monoisotopic (exact) mass is 266 g/mol. The number of nitro groups is 1. The second kappa shape index (κ2) is 6.72. The Balaban J connectivity index is 3.14. The summed E-state index contributed by atoms with van der Waals surface area (Å²) in [6.07, 6.45) is 1.21. The average molecular weight is 266 g/mol. The summed E-state index contributed by atoms with van der Waals surface area (Å²) in [5.41, 5.74) is 0.546. The van der Waals surface area contributed by atoms with Crippen LogP contribution < -0.4 is 4.90 Å². The van der Waals surface area contributed by atoms with Crippen molar-refractivity contribution in [3.05, 3.63) is 34.4 Å². The van der Waals surface area contributed by atoms with Crippen LogP contribution in [0.1, 0.15) is 26.7 Å². The Kier molecular flexibility index (Phi) is 5.29. The highest BCUT2D eigenvalue weighted by atomic mass is 16.6. The maximum Gasteiger partial charge on any atom is 0.326 e. The van der Waals surface area contributed by atoms with Gasteiger partial charge in [0.15, 0.2) is 0 Å². The molecule has 1 aromatic carbocycles. The van der Waals surface area contributed by atoms with Crippen molar-refractivity contribution in [2.24, 2.45) is 0 Å². The first-order valence-corrected chi connectivity index (χ1v) is 6.25. The topological polar surface area (TPSA) is 83.7 Å². The quantitative estimate of drug-likeness (QED) is 0.606. The number of rotatable bonds is 7. The smallest absolute Gasteiger partial charge is 0.326 e. The standard InChI is InChI=1S/C13H18N2O4/c1-3-8-14(12(4-2)13(16)17)10-6-5-7-11(9-10)15(18)19/h5-7,9,12H,3-4,8H2,1-2H3,(H,16,17). The van der Waals surface area contributed by atoms with E-state index in [1.807, 2.05) is 6.92 Å². The number of hydrogen-bond donors (Lipinski definition) is 1. The van der Waals surface area contributed by atoms with E-state index in [-0.39, 0.29) is 5.69 Å². The lowest BCUT2D eigenvalue weighted by Crippen LogP contribution is -2.41. The number of nitro benzene ring substituents is 1. The molecule has 0 heterocycles. The largest absolute Gasteiger partial charge is 0.480 e. The molecule has 104 valence electrons. The second-order valence-corrected chi connectivity index (χ2v) is 4.23. The molecule has 0 amide bonds. The van der Waals surface area contributed by atoms with Gasteiger partial charge in [-0.25, -0.2) is 4.79 Å². The summed E-state index contributed by atoms with van der Waals surface area (Å²) in [6, 6.07) is 5.43. The van der Waals surface area contributed by atoms with Crippen LogP contribution in [0.15, 0.2) is 24.3 Å². The first kappa shape index (κ1) is 14.9. The van der Waals surface area contributed by atoms with Gasteiger partial charge in [0.2, 0.25) is 0 Å². The zero-order valence-electron chi connectivity index (χ0n) is 11.1. The lowest BCUT2D eigenvalue weighted by molar-refractivity contribution is -0.384. The Morgan fingerprint density at radius 1 is 1.47 bits per heavy atom. The second-order valence-electron chi connectivity index (χ2n) is 4.23. The van der Waals surface area contributed by atoms with Crippen molar-refractivity contribution in [2.45, 2.75) is 32.7 Å². The lowest BCUT2D eigenvalue weighted by atomic mass is 10.1. The minimum atomic E-state index is -0.914. The number of carboxylic acid groups (broad SMARTS) is 1. The molecular formula is C13H18N2O4. The van der Waals surface area contributed by atoms with Crippen LogP contribution in [0.5, 0.6) is 0 Å². The zero-order valence-corrected chi connectivity index (χ0v) is 11.1. The molecule has 0 bridgehead atoms. The van der Waals surface area contributed by atoms with Gasteiger partial charge in [0.05, 0.1) is 4.92 Å². The van der Waals surface area contributed by atoms with Gasteiger partial charge in [-0.2, -0.15) is 0 Å². The van der Waals surface area contributed by atoms with E-state index < -0.39 is 16.9 Å². The Hall–Kier alpha value is -2.11. The maximum atomic E-state index is 11.3. The van der Waals surface area contributed by atoms with Crippen LogP contribution >= 0.6 is 0 Å². The summed E-state index contributed by atoms with van der Waals surface area (Å²) < 4.78 is 0. The summed E-state index contributed by atoms with van der Waals surface area (Å²) in [4.78, 5) is 23.3. The molecule has 0 aliphatic rings. The highest BCUT2D eigenvalue weighted by Gasteiger charge is 2.24. The number of benzene rings is 1. The maximum absolute atomic E-state index is 11.3. The van der Waals surface area contributed by atoms with Crippen molar-refractivity contribution < 1.29 is 14.8 Å². The van der Waals surface area contributed by atoms with E-state index in [2.05, 4.69) is 0 Å². The van der Waals surface area contributed by atoms with E-state index in [4.69, 9.17) is 0 Å². The molecule has 0 saturated carbocycles. The van der Waals surface area contributed by atoms with E-state index in [0.29, 0.717) is 18.7 Å². The normalized spacial score (nSPS) is 11.9. The Morgan fingerprint density at radius 3 is 2.63 bits per heavy atom. The average Bonchev–Trinajstić information content (AvgIpc) is 2.38. The van der Waals surface area contributed by atoms with Gasteiger partial charge in [-0.1, -0.05) is 19.9 Å². The van der Waals surface area contributed by atoms with Crippen LogP contribution in [-0.2, 0) is 4.79 Å². The molecule has 0 aromatic heterocycles. The predicted molar refractivity (Wildman–Crippen MR) is 72.4 cm³/mol. The van der Waals surface area contributed by atoms with Crippen molar-refractivity contribution >= 4 is 17.3 Å². The molecule has 0 radical (unpaired) electrons. The number of nitrogens with zero attached hydrogens (tertiary/aromatic N) is 2. The van der Waals surface area contributed by atoms with Gasteiger partial charge in [0.1, 0.15) is 6.04 Å². The number of anilines is 1. The lowest BCUT2D eigenvalue weighted by Gasteiger charge is -2.29.